The first-order valence-electron chi connectivity index (χ1n) is 9.24. The molecule has 142 valence electrons. The lowest BCUT2D eigenvalue weighted by atomic mass is 9.81. The topological polar surface area (TPSA) is 69.7 Å². The van der Waals surface area contributed by atoms with E-state index in [4.69, 9.17) is 11.6 Å². The molecule has 0 radical (unpaired) electrons. The molecule has 3 aliphatic heterocycles. The molecule has 28 heavy (non-hydrogen) atoms. The number of carbonyl (C=O) groups excluding carboxylic acids is 3. The number of nitrogens with zero attached hydrogens (tertiary/aromatic N) is 2. The Labute approximate surface area is 167 Å². The smallest absolute Gasteiger partial charge is 0.254 e. The molecule has 2 aromatic rings. The van der Waals surface area contributed by atoms with E-state index in [0.29, 0.717) is 36.6 Å². The second-order valence-corrected chi connectivity index (χ2v) is 8.05. The van der Waals surface area contributed by atoms with Crippen LogP contribution in [-0.4, -0.2) is 47.2 Å². The number of likely N-dealkylation sites (tertiary alicyclic amines) is 1. The second kappa shape index (κ2) is 6.07. The fourth-order valence-electron chi connectivity index (χ4n) is 4.54. The van der Waals surface area contributed by atoms with Gasteiger partial charge in [-0.2, -0.15) is 0 Å². The highest BCUT2D eigenvalue weighted by atomic mass is 35.5. The van der Waals surface area contributed by atoms with Gasteiger partial charge in [0.1, 0.15) is 6.54 Å². The fraction of sp³-hybridized carbons (Fsp3) is 0.286. The van der Waals surface area contributed by atoms with Crippen molar-refractivity contribution >= 4 is 35.0 Å². The van der Waals surface area contributed by atoms with Gasteiger partial charge < -0.3 is 15.1 Å². The van der Waals surface area contributed by atoms with Gasteiger partial charge in [-0.25, -0.2) is 0 Å². The van der Waals surface area contributed by atoms with Gasteiger partial charge in [0.25, 0.3) is 5.91 Å². The largest absolute Gasteiger partial charge is 0.340 e. The monoisotopic (exact) mass is 395 g/mol. The van der Waals surface area contributed by atoms with Crippen molar-refractivity contribution in [2.24, 2.45) is 0 Å². The first-order chi connectivity index (χ1) is 13.5. The number of carbonyl (C=O) groups is 3. The van der Waals surface area contributed by atoms with E-state index >= 15 is 0 Å². The molecule has 0 aromatic heterocycles. The van der Waals surface area contributed by atoms with E-state index in [2.05, 4.69) is 5.32 Å². The number of nitrogens with one attached hydrogen (secondary N) is 1. The summed E-state index contributed by atoms with van der Waals surface area (Å²) < 4.78 is 0. The minimum absolute atomic E-state index is 0.00444. The van der Waals surface area contributed by atoms with E-state index in [1.54, 1.807) is 23.1 Å². The summed E-state index contributed by atoms with van der Waals surface area (Å²) in [7, 11) is 0. The quantitative estimate of drug-likeness (QED) is 0.849. The van der Waals surface area contributed by atoms with Crippen molar-refractivity contribution in [3.63, 3.8) is 0 Å². The molecule has 5 rings (SSSR count). The van der Waals surface area contributed by atoms with E-state index in [1.807, 2.05) is 24.3 Å². The number of fused-ring (bicyclic) bond motifs is 3. The molecule has 0 unspecified atom stereocenters. The van der Waals surface area contributed by atoms with Gasteiger partial charge in [-0.05, 0) is 41.8 Å². The molecule has 1 N–H and O–H groups in total. The molecule has 2 aromatic carbocycles. The molecule has 7 heteroatoms. The molecule has 1 spiro atoms. The Kier molecular flexibility index (Phi) is 3.74. The van der Waals surface area contributed by atoms with Gasteiger partial charge in [0.15, 0.2) is 0 Å². The van der Waals surface area contributed by atoms with E-state index in [9.17, 15) is 14.4 Å². The lowest BCUT2D eigenvalue weighted by Crippen LogP contribution is -2.43. The second-order valence-electron chi connectivity index (χ2n) is 7.61. The van der Waals surface area contributed by atoms with Crippen LogP contribution in [0.2, 0.25) is 5.02 Å². The predicted molar refractivity (Wildman–Crippen MR) is 104 cm³/mol. The summed E-state index contributed by atoms with van der Waals surface area (Å²) in [6.45, 7) is 1.23. The molecule has 3 heterocycles. The number of rotatable bonds is 2. The maximum Gasteiger partial charge on any atom is 0.254 e. The molecule has 0 aliphatic carbocycles. The minimum atomic E-state index is -0.683. The Bertz CT molecular complexity index is 1040. The average Bonchev–Trinajstić information content (AvgIpc) is 3.33. The van der Waals surface area contributed by atoms with Crippen LogP contribution in [0.1, 0.15) is 27.9 Å². The first kappa shape index (κ1) is 17.3. The Morgan fingerprint density at radius 3 is 2.86 bits per heavy atom. The zero-order valence-electron chi connectivity index (χ0n) is 15.1. The van der Waals surface area contributed by atoms with Crippen LogP contribution in [0.5, 0.6) is 0 Å². The van der Waals surface area contributed by atoms with Gasteiger partial charge in [0.2, 0.25) is 11.8 Å². The summed E-state index contributed by atoms with van der Waals surface area (Å²) in [6, 6.07) is 12.8. The van der Waals surface area contributed by atoms with Crippen LogP contribution in [0.25, 0.3) is 0 Å². The van der Waals surface area contributed by atoms with E-state index < -0.39 is 5.41 Å². The van der Waals surface area contributed by atoms with Gasteiger partial charge in [-0.15, -0.1) is 0 Å². The Morgan fingerprint density at radius 1 is 1.18 bits per heavy atom. The van der Waals surface area contributed by atoms with Gasteiger partial charge >= 0.3 is 0 Å². The third-order valence-corrected chi connectivity index (χ3v) is 6.25. The van der Waals surface area contributed by atoms with Gasteiger partial charge in [0.05, 0.1) is 5.41 Å². The molecular formula is C21H18ClN3O3. The lowest BCUT2D eigenvalue weighted by Gasteiger charge is -2.24. The Hall–Kier alpha value is -2.86. The fourth-order valence-corrected chi connectivity index (χ4v) is 4.74. The number of amides is 3. The summed E-state index contributed by atoms with van der Waals surface area (Å²) in [5, 5.41) is 3.51. The van der Waals surface area contributed by atoms with Gasteiger partial charge in [-0.1, -0.05) is 29.8 Å². The molecule has 1 atom stereocenters. The number of para-hydroxylation sites is 1. The zero-order chi connectivity index (χ0) is 19.5. The van der Waals surface area contributed by atoms with Gasteiger partial charge in [-0.3, -0.25) is 14.4 Å². The van der Waals surface area contributed by atoms with Crippen LogP contribution in [0, 0.1) is 0 Å². The van der Waals surface area contributed by atoms with Crippen molar-refractivity contribution in [2.45, 2.75) is 18.4 Å². The summed E-state index contributed by atoms with van der Waals surface area (Å²) in [5.41, 5.74) is 2.53. The third-order valence-electron chi connectivity index (χ3n) is 6.02. The van der Waals surface area contributed by atoms with Crippen LogP contribution in [0.4, 0.5) is 5.69 Å². The van der Waals surface area contributed by atoms with Gasteiger partial charge in [0, 0.05) is 35.9 Å². The Morgan fingerprint density at radius 2 is 2.00 bits per heavy atom. The molecule has 1 saturated heterocycles. The Balaban J connectivity index is 1.32. The van der Waals surface area contributed by atoms with Crippen LogP contribution in [0.3, 0.4) is 0 Å². The van der Waals surface area contributed by atoms with E-state index in [1.165, 1.54) is 4.90 Å². The zero-order valence-corrected chi connectivity index (χ0v) is 15.8. The summed E-state index contributed by atoms with van der Waals surface area (Å²) in [6.07, 6.45) is 0.589. The minimum Gasteiger partial charge on any atom is -0.340 e. The number of hydrogen-bond donors (Lipinski definition) is 1. The lowest BCUT2D eigenvalue weighted by molar-refractivity contribution is -0.131. The normalized spacial score (nSPS) is 22.6. The standard InChI is InChI=1S/C21H18ClN3O3/c22-14-5-6-15-13(9-14)10-25(19(15)27)11-18(26)24-8-7-21(12-24)16-3-1-2-4-17(16)23-20(21)28/h1-6,9H,7-8,10-12H2,(H,23,28)/t21-/m0/s1. The summed E-state index contributed by atoms with van der Waals surface area (Å²) in [4.78, 5) is 41.4. The molecule has 0 bridgehead atoms. The first-order valence-corrected chi connectivity index (χ1v) is 9.62. The van der Waals surface area contributed by atoms with Crippen LogP contribution >= 0.6 is 11.6 Å². The van der Waals surface area contributed by atoms with Crippen molar-refractivity contribution in [1.29, 1.82) is 0 Å². The van der Waals surface area contributed by atoms with Crippen LogP contribution < -0.4 is 5.32 Å². The highest BCUT2D eigenvalue weighted by Gasteiger charge is 2.52. The number of anilines is 1. The van der Waals surface area contributed by atoms with Crippen molar-refractivity contribution in [3.05, 3.63) is 64.2 Å². The summed E-state index contributed by atoms with van der Waals surface area (Å²) >= 11 is 6.01. The molecule has 3 aliphatic rings. The maximum atomic E-state index is 12.9. The molecule has 3 amide bonds. The van der Waals surface area contributed by atoms with Crippen molar-refractivity contribution in [1.82, 2.24) is 9.80 Å². The predicted octanol–water partition coefficient (Wildman–Crippen LogP) is 2.42. The SMILES string of the molecule is O=C(CN1Cc2cc(Cl)ccc2C1=O)N1CC[C@@]2(C1)C(=O)Nc1ccccc12. The third kappa shape index (κ3) is 2.44. The molecule has 6 nitrogen and oxygen atoms in total. The number of benzene rings is 2. The highest BCUT2D eigenvalue weighted by molar-refractivity contribution is 6.30. The average molecular weight is 396 g/mol. The van der Waals surface area contributed by atoms with E-state index in [-0.39, 0.29) is 24.3 Å². The number of halogens is 1. The highest BCUT2D eigenvalue weighted by Crippen LogP contribution is 2.44. The van der Waals surface area contributed by atoms with Crippen molar-refractivity contribution in [3.8, 4) is 0 Å². The van der Waals surface area contributed by atoms with E-state index in [0.717, 1.165) is 16.8 Å². The maximum absolute atomic E-state index is 12.9. The molecular weight excluding hydrogens is 378 g/mol. The number of hydrogen-bond acceptors (Lipinski definition) is 3. The van der Waals surface area contributed by atoms with Crippen molar-refractivity contribution < 1.29 is 14.4 Å². The molecule has 0 saturated carbocycles. The molecule has 1 fully saturated rings. The van der Waals surface area contributed by atoms with Crippen LogP contribution in [0.15, 0.2) is 42.5 Å². The summed E-state index contributed by atoms with van der Waals surface area (Å²) in [5.74, 6) is -0.345. The van der Waals surface area contributed by atoms with Crippen LogP contribution in [-0.2, 0) is 21.5 Å². The van der Waals surface area contributed by atoms with Crippen molar-refractivity contribution in [2.75, 3.05) is 25.0 Å².